The van der Waals surface area contributed by atoms with Gasteiger partial charge in [0.25, 0.3) is 0 Å². The van der Waals surface area contributed by atoms with E-state index in [1.165, 1.54) is 5.56 Å². The lowest BCUT2D eigenvalue weighted by molar-refractivity contribution is 0.177. The van der Waals surface area contributed by atoms with E-state index in [-0.39, 0.29) is 6.04 Å². The summed E-state index contributed by atoms with van der Waals surface area (Å²) in [4.78, 5) is 11.0. The maximum absolute atomic E-state index is 5.94. The Hall–Kier alpha value is -1.65. The molecule has 0 aliphatic heterocycles. The Balaban J connectivity index is 2.26. The van der Waals surface area contributed by atoms with Gasteiger partial charge in [0.2, 0.25) is 0 Å². The fourth-order valence-electron chi connectivity index (χ4n) is 2.15. The predicted octanol–water partition coefficient (Wildman–Crippen LogP) is 3.78. The number of ether oxygens (including phenoxy) is 1. The van der Waals surface area contributed by atoms with Crippen LogP contribution in [0.3, 0.4) is 0 Å². The van der Waals surface area contributed by atoms with E-state index in [0.29, 0.717) is 12.4 Å². The molecule has 0 amide bonds. The van der Waals surface area contributed by atoms with Crippen molar-refractivity contribution in [3.8, 4) is 0 Å². The van der Waals surface area contributed by atoms with E-state index >= 15 is 0 Å². The molecule has 0 N–H and O–H groups in total. The van der Waals surface area contributed by atoms with Crippen LogP contribution in [0.2, 0.25) is 5.02 Å². The molecule has 0 radical (unpaired) electrons. The van der Waals surface area contributed by atoms with Crippen LogP contribution in [0.5, 0.6) is 0 Å². The van der Waals surface area contributed by atoms with Crippen LogP contribution in [0.25, 0.3) is 0 Å². The van der Waals surface area contributed by atoms with Crippen LogP contribution in [-0.2, 0) is 11.3 Å². The van der Waals surface area contributed by atoms with E-state index in [9.17, 15) is 0 Å². The molecule has 0 fully saturated rings. The standard InChI is InChI=1S/C16H20ClN3O/c1-11-9-16(19-15(18-11)10-21-4)20(3)12(2)13-5-7-14(17)8-6-13/h5-9,12H,10H2,1-4H3. The van der Waals surface area contributed by atoms with Crippen LogP contribution in [0.15, 0.2) is 30.3 Å². The summed E-state index contributed by atoms with van der Waals surface area (Å²) >= 11 is 5.94. The molecule has 1 aromatic carbocycles. The van der Waals surface area contributed by atoms with Crippen LogP contribution in [0.1, 0.15) is 30.0 Å². The zero-order valence-electron chi connectivity index (χ0n) is 12.8. The highest BCUT2D eigenvalue weighted by molar-refractivity contribution is 6.30. The quantitative estimate of drug-likeness (QED) is 0.842. The molecule has 1 unspecified atom stereocenters. The average Bonchev–Trinajstić information content (AvgIpc) is 2.46. The maximum atomic E-state index is 5.94. The first-order valence-electron chi connectivity index (χ1n) is 6.83. The number of aromatic nitrogens is 2. The van der Waals surface area contributed by atoms with Crippen LogP contribution in [0, 0.1) is 6.92 Å². The lowest BCUT2D eigenvalue weighted by Crippen LogP contribution is -2.23. The number of hydrogen-bond acceptors (Lipinski definition) is 4. The van der Waals surface area contributed by atoms with Gasteiger partial charge in [0.1, 0.15) is 12.4 Å². The Labute approximate surface area is 130 Å². The summed E-state index contributed by atoms with van der Waals surface area (Å²) < 4.78 is 5.12. The molecule has 2 aromatic rings. The summed E-state index contributed by atoms with van der Waals surface area (Å²) in [5, 5.41) is 0.744. The van der Waals surface area contributed by atoms with Crippen molar-refractivity contribution in [3.63, 3.8) is 0 Å². The highest BCUT2D eigenvalue weighted by atomic mass is 35.5. The number of rotatable bonds is 5. The molecule has 5 heteroatoms. The highest BCUT2D eigenvalue weighted by Crippen LogP contribution is 2.25. The molecule has 0 bridgehead atoms. The van der Waals surface area contributed by atoms with Gasteiger partial charge in [0.15, 0.2) is 5.82 Å². The first-order valence-corrected chi connectivity index (χ1v) is 7.21. The number of anilines is 1. The second kappa shape index (κ2) is 6.87. The Morgan fingerprint density at radius 3 is 2.52 bits per heavy atom. The number of nitrogens with zero attached hydrogens (tertiary/aromatic N) is 3. The van der Waals surface area contributed by atoms with Crippen LogP contribution >= 0.6 is 11.6 Å². The van der Waals surface area contributed by atoms with Gasteiger partial charge >= 0.3 is 0 Å². The molecule has 0 spiro atoms. The summed E-state index contributed by atoms with van der Waals surface area (Å²) in [7, 11) is 3.67. The first kappa shape index (κ1) is 15.7. The van der Waals surface area contributed by atoms with Crippen molar-refractivity contribution in [1.82, 2.24) is 9.97 Å². The van der Waals surface area contributed by atoms with Crippen molar-refractivity contribution in [2.75, 3.05) is 19.1 Å². The van der Waals surface area contributed by atoms with Crippen molar-refractivity contribution >= 4 is 17.4 Å². The highest BCUT2D eigenvalue weighted by Gasteiger charge is 2.15. The van der Waals surface area contributed by atoms with Gasteiger partial charge in [-0.1, -0.05) is 23.7 Å². The van der Waals surface area contributed by atoms with E-state index in [0.717, 1.165) is 16.5 Å². The third-order valence-electron chi connectivity index (χ3n) is 3.46. The van der Waals surface area contributed by atoms with Crippen LogP contribution in [0.4, 0.5) is 5.82 Å². The summed E-state index contributed by atoms with van der Waals surface area (Å²) in [5.41, 5.74) is 2.12. The molecular weight excluding hydrogens is 286 g/mol. The summed E-state index contributed by atoms with van der Waals surface area (Å²) in [6, 6.07) is 10.0. The predicted molar refractivity (Wildman–Crippen MR) is 85.8 cm³/mol. The van der Waals surface area contributed by atoms with Crippen molar-refractivity contribution in [3.05, 3.63) is 52.4 Å². The van der Waals surface area contributed by atoms with Crippen LogP contribution < -0.4 is 4.90 Å². The zero-order valence-corrected chi connectivity index (χ0v) is 13.6. The fraction of sp³-hybridized carbons (Fsp3) is 0.375. The molecule has 0 aliphatic rings. The average molecular weight is 306 g/mol. The van der Waals surface area contributed by atoms with Gasteiger partial charge in [-0.2, -0.15) is 0 Å². The Morgan fingerprint density at radius 2 is 1.90 bits per heavy atom. The molecule has 0 saturated heterocycles. The fourth-order valence-corrected chi connectivity index (χ4v) is 2.28. The van der Waals surface area contributed by atoms with E-state index in [4.69, 9.17) is 16.3 Å². The Bertz CT molecular complexity index is 601. The minimum Gasteiger partial charge on any atom is -0.377 e. The van der Waals surface area contributed by atoms with Crippen molar-refractivity contribution < 1.29 is 4.74 Å². The monoisotopic (exact) mass is 305 g/mol. The molecule has 1 aromatic heterocycles. The molecule has 112 valence electrons. The lowest BCUT2D eigenvalue weighted by atomic mass is 10.1. The molecule has 1 heterocycles. The number of benzene rings is 1. The second-order valence-corrected chi connectivity index (χ2v) is 5.49. The third kappa shape index (κ3) is 3.93. The normalized spacial score (nSPS) is 12.2. The summed E-state index contributed by atoms with van der Waals surface area (Å²) in [6.45, 7) is 4.51. The van der Waals surface area contributed by atoms with Gasteiger partial charge in [0, 0.05) is 30.9 Å². The van der Waals surface area contributed by atoms with E-state index in [1.807, 2.05) is 44.3 Å². The topological polar surface area (TPSA) is 38.2 Å². The maximum Gasteiger partial charge on any atom is 0.156 e. The smallest absolute Gasteiger partial charge is 0.156 e. The first-order chi connectivity index (χ1) is 10.0. The number of hydrogen-bond donors (Lipinski definition) is 0. The van der Waals surface area contributed by atoms with E-state index in [1.54, 1.807) is 7.11 Å². The molecule has 21 heavy (non-hydrogen) atoms. The van der Waals surface area contributed by atoms with Gasteiger partial charge in [-0.05, 0) is 31.5 Å². The molecule has 0 saturated carbocycles. The third-order valence-corrected chi connectivity index (χ3v) is 3.71. The Kier molecular flexibility index (Phi) is 5.15. The van der Waals surface area contributed by atoms with Gasteiger partial charge in [-0.3, -0.25) is 0 Å². The summed E-state index contributed by atoms with van der Waals surface area (Å²) in [5.74, 6) is 1.58. The zero-order chi connectivity index (χ0) is 15.4. The minimum atomic E-state index is 0.187. The van der Waals surface area contributed by atoms with Crippen LogP contribution in [-0.4, -0.2) is 24.1 Å². The van der Waals surface area contributed by atoms with Gasteiger partial charge in [0.05, 0.1) is 6.04 Å². The molecular formula is C16H20ClN3O. The van der Waals surface area contributed by atoms with Gasteiger partial charge in [-0.25, -0.2) is 9.97 Å². The largest absolute Gasteiger partial charge is 0.377 e. The number of halogens is 1. The Morgan fingerprint density at radius 1 is 1.24 bits per heavy atom. The SMILES string of the molecule is COCc1nc(C)cc(N(C)C(C)c2ccc(Cl)cc2)n1. The van der Waals surface area contributed by atoms with Crippen molar-refractivity contribution in [2.24, 2.45) is 0 Å². The molecule has 2 rings (SSSR count). The molecule has 0 aliphatic carbocycles. The van der Waals surface area contributed by atoms with E-state index < -0.39 is 0 Å². The second-order valence-electron chi connectivity index (χ2n) is 5.06. The van der Waals surface area contributed by atoms with Gasteiger partial charge in [-0.15, -0.1) is 0 Å². The minimum absolute atomic E-state index is 0.187. The lowest BCUT2D eigenvalue weighted by Gasteiger charge is -2.27. The van der Waals surface area contributed by atoms with Crippen molar-refractivity contribution in [2.45, 2.75) is 26.5 Å². The number of aryl methyl sites for hydroxylation is 1. The molecule has 4 nitrogen and oxygen atoms in total. The van der Waals surface area contributed by atoms with Gasteiger partial charge < -0.3 is 9.64 Å². The number of methoxy groups -OCH3 is 1. The van der Waals surface area contributed by atoms with E-state index in [2.05, 4.69) is 21.8 Å². The van der Waals surface area contributed by atoms with Crippen molar-refractivity contribution in [1.29, 1.82) is 0 Å². The summed E-state index contributed by atoms with van der Waals surface area (Å²) in [6.07, 6.45) is 0. The molecule has 1 atom stereocenters.